The zero-order chi connectivity index (χ0) is 12.3. The van der Waals surface area contributed by atoms with Crippen LogP contribution in [0.5, 0.6) is 0 Å². The first-order valence-electron chi connectivity index (χ1n) is 5.01. The van der Waals surface area contributed by atoms with Gasteiger partial charge in [0, 0.05) is 5.69 Å². The Labute approximate surface area is 108 Å². The smallest absolute Gasteiger partial charge is 0.228 e. The summed E-state index contributed by atoms with van der Waals surface area (Å²) in [6.45, 7) is 0. The first kappa shape index (κ1) is 12.0. The van der Waals surface area contributed by atoms with Gasteiger partial charge in [0.15, 0.2) is 0 Å². The molecule has 0 saturated carbocycles. The molecule has 1 heterocycles. The van der Waals surface area contributed by atoms with Gasteiger partial charge >= 0.3 is 0 Å². The van der Waals surface area contributed by atoms with Gasteiger partial charge in [0.25, 0.3) is 0 Å². The van der Waals surface area contributed by atoms with Gasteiger partial charge in [-0.05, 0) is 40.6 Å². The number of thiophene rings is 1. The van der Waals surface area contributed by atoms with Gasteiger partial charge in [0.1, 0.15) is 0 Å². The zero-order valence-corrected chi connectivity index (χ0v) is 10.5. The van der Waals surface area contributed by atoms with Crippen molar-refractivity contribution in [3.05, 3.63) is 45.6 Å². The maximum atomic E-state index is 11.7. The first-order valence-corrected chi connectivity index (χ1v) is 6.33. The van der Waals surface area contributed by atoms with E-state index in [2.05, 4.69) is 5.32 Å². The van der Waals surface area contributed by atoms with Crippen LogP contribution in [0.15, 0.2) is 35.0 Å². The van der Waals surface area contributed by atoms with Crippen LogP contribution in [0, 0.1) is 0 Å². The quantitative estimate of drug-likeness (QED) is 0.839. The maximum absolute atomic E-state index is 11.7. The van der Waals surface area contributed by atoms with Crippen molar-refractivity contribution in [3.8, 4) is 0 Å². The molecule has 3 N–H and O–H groups in total. The minimum absolute atomic E-state index is 0.101. The van der Waals surface area contributed by atoms with Crippen LogP contribution in [0.2, 0.25) is 5.02 Å². The Bertz CT molecular complexity index is 525. The molecule has 0 saturated heterocycles. The van der Waals surface area contributed by atoms with Crippen LogP contribution in [0.4, 0.5) is 11.4 Å². The molecule has 0 radical (unpaired) electrons. The van der Waals surface area contributed by atoms with Crippen LogP contribution < -0.4 is 11.1 Å². The third-order valence-electron chi connectivity index (χ3n) is 2.21. The lowest BCUT2D eigenvalue weighted by atomic mass is 10.2. The molecule has 0 spiro atoms. The Morgan fingerprint density at radius 2 is 2.24 bits per heavy atom. The van der Waals surface area contributed by atoms with Crippen molar-refractivity contribution >= 4 is 40.2 Å². The summed E-state index contributed by atoms with van der Waals surface area (Å²) in [4.78, 5) is 11.7. The molecule has 1 aromatic carbocycles. The van der Waals surface area contributed by atoms with Crippen LogP contribution in [-0.4, -0.2) is 5.91 Å². The Hall–Kier alpha value is -1.52. The molecule has 1 aromatic heterocycles. The standard InChI is InChI=1S/C12H11ClN2OS/c13-10-2-1-9(14)6-11(10)15-12(16)5-8-3-4-17-7-8/h1-4,6-7H,5,14H2,(H,15,16). The molecule has 1 amide bonds. The molecule has 5 heteroatoms. The Balaban J connectivity index is 2.05. The van der Waals surface area contributed by atoms with Crippen molar-refractivity contribution in [1.29, 1.82) is 0 Å². The Kier molecular flexibility index (Phi) is 3.66. The second-order valence-corrected chi connectivity index (χ2v) is 4.78. The van der Waals surface area contributed by atoms with Crippen molar-refractivity contribution in [3.63, 3.8) is 0 Å². The van der Waals surface area contributed by atoms with Crippen LogP contribution in [0.25, 0.3) is 0 Å². The summed E-state index contributed by atoms with van der Waals surface area (Å²) in [6.07, 6.45) is 0.342. The molecule has 17 heavy (non-hydrogen) atoms. The molecular formula is C12H11ClN2OS. The fraction of sp³-hybridized carbons (Fsp3) is 0.0833. The molecule has 2 rings (SSSR count). The van der Waals surface area contributed by atoms with E-state index in [1.54, 1.807) is 29.5 Å². The number of nitrogens with one attached hydrogen (secondary N) is 1. The van der Waals surface area contributed by atoms with Gasteiger partial charge in [-0.15, -0.1) is 0 Å². The molecule has 0 bridgehead atoms. The van der Waals surface area contributed by atoms with Gasteiger partial charge in [-0.1, -0.05) is 11.6 Å². The van der Waals surface area contributed by atoms with Crippen molar-refractivity contribution in [1.82, 2.24) is 0 Å². The molecule has 0 fully saturated rings. The molecule has 0 aliphatic carbocycles. The van der Waals surface area contributed by atoms with Crippen LogP contribution >= 0.6 is 22.9 Å². The predicted octanol–water partition coefficient (Wildman–Crippen LogP) is 3.16. The highest BCUT2D eigenvalue weighted by molar-refractivity contribution is 7.08. The zero-order valence-electron chi connectivity index (χ0n) is 8.94. The van der Waals surface area contributed by atoms with Crippen molar-refractivity contribution in [2.75, 3.05) is 11.1 Å². The van der Waals surface area contributed by atoms with Crippen molar-refractivity contribution in [2.24, 2.45) is 0 Å². The molecule has 0 atom stereocenters. The Morgan fingerprint density at radius 3 is 2.94 bits per heavy atom. The summed E-state index contributed by atoms with van der Waals surface area (Å²) >= 11 is 7.52. The number of carbonyl (C=O) groups is 1. The molecular weight excluding hydrogens is 256 g/mol. The van der Waals surface area contributed by atoms with E-state index in [0.29, 0.717) is 22.8 Å². The van der Waals surface area contributed by atoms with Gasteiger partial charge in [-0.2, -0.15) is 11.3 Å². The summed E-state index contributed by atoms with van der Waals surface area (Å²) in [7, 11) is 0. The lowest BCUT2D eigenvalue weighted by molar-refractivity contribution is -0.115. The number of benzene rings is 1. The number of nitrogen functional groups attached to an aromatic ring is 1. The summed E-state index contributed by atoms with van der Waals surface area (Å²) in [5.74, 6) is -0.101. The molecule has 88 valence electrons. The minimum atomic E-state index is -0.101. The number of carbonyl (C=O) groups excluding carboxylic acids is 1. The van der Waals surface area contributed by atoms with E-state index in [1.807, 2.05) is 16.8 Å². The van der Waals surface area contributed by atoms with E-state index in [-0.39, 0.29) is 5.91 Å². The number of anilines is 2. The SMILES string of the molecule is Nc1ccc(Cl)c(NC(=O)Cc2ccsc2)c1. The third-order valence-corrected chi connectivity index (χ3v) is 3.27. The van der Waals surface area contributed by atoms with Crippen molar-refractivity contribution in [2.45, 2.75) is 6.42 Å². The van der Waals surface area contributed by atoms with E-state index >= 15 is 0 Å². The summed E-state index contributed by atoms with van der Waals surface area (Å²) in [5, 5.41) is 7.11. The molecule has 3 nitrogen and oxygen atoms in total. The lowest BCUT2D eigenvalue weighted by Crippen LogP contribution is -2.14. The fourth-order valence-corrected chi connectivity index (χ4v) is 2.25. The fourth-order valence-electron chi connectivity index (χ4n) is 1.41. The van der Waals surface area contributed by atoms with Crippen LogP contribution in [-0.2, 0) is 11.2 Å². The highest BCUT2D eigenvalue weighted by Gasteiger charge is 2.07. The molecule has 0 aliphatic heterocycles. The number of nitrogens with two attached hydrogens (primary N) is 1. The van der Waals surface area contributed by atoms with E-state index in [1.165, 1.54) is 0 Å². The monoisotopic (exact) mass is 266 g/mol. The average molecular weight is 267 g/mol. The maximum Gasteiger partial charge on any atom is 0.228 e. The van der Waals surface area contributed by atoms with E-state index < -0.39 is 0 Å². The van der Waals surface area contributed by atoms with Gasteiger partial charge < -0.3 is 11.1 Å². The Morgan fingerprint density at radius 1 is 1.41 bits per heavy atom. The van der Waals surface area contributed by atoms with E-state index in [0.717, 1.165) is 5.56 Å². The first-order chi connectivity index (χ1) is 8.15. The minimum Gasteiger partial charge on any atom is -0.399 e. The van der Waals surface area contributed by atoms with Gasteiger partial charge in [0.05, 0.1) is 17.1 Å². The lowest BCUT2D eigenvalue weighted by Gasteiger charge is -2.07. The second kappa shape index (κ2) is 5.21. The predicted molar refractivity (Wildman–Crippen MR) is 72.5 cm³/mol. The molecule has 0 unspecified atom stereocenters. The van der Waals surface area contributed by atoms with E-state index in [9.17, 15) is 4.79 Å². The summed E-state index contributed by atoms with van der Waals surface area (Å²) in [5.41, 5.74) is 7.74. The summed E-state index contributed by atoms with van der Waals surface area (Å²) < 4.78 is 0. The highest BCUT2D eigenvalue weighted by atomic mass is 35.5. The number of amides is 1. The second-order valence-electron chi connectivity index (χ2n) is 3.60. The molecule has 0 aliphatic rings. The number of rotatable bonds is 3. The number of hydrogen-bond donors (Lipinski definition) is 2. The van der Waals surface area contributed by atoms with Crippen LogP contribution in [0.1, 0.15) is 5.56 Å². The number of halogens is 1. The van der Waals surface area contributed by atoms with Gasteiger partial charge in [0.2, 0.25) is 5.91 Å². The van der Waals surface area contributed by atoms with E-state index in [4.69, 9.17) is 17.3 Å². The number of hydrogen-bond acceptors (Lipinski definition) is 3. The topological polar surface area (TPSA) is 55.1 Å². The third kappa shape index (κ3) is 3.22. The highest BCUT2D eigenvalue weighted by Crippen LogP contribution is 2.24. The normalized spacial score (nSPS) is 10.2. The van der Waals surface area contributed by atoms with Gasteiger partial charge in [-0.3, -0.25) is 4.79 Å². The van der Waals surface area contributed by atoms with Crippen LogP contribution in [0.3, 0.4) is 0 Å². The molecule has 2 aromatic rings. The summed E-state index contributed by atoms with van der Waals surface area (Å²) in [6, 6.07) is 6.92. The van der Waals surface area contributed by atoms with Gasteiger partial charge in [-0.25, -0.2) is 0 Å². The largest absolute Gasteiger partial charge is 0.399 e. The average Bonchev–Trinajstić information content (AvgIpc) is 2.76. The van der Waals surface area contributed by atoms with Crippen molar-refractivity contribution < 1.29 is 4.79 Å².